The summed E-state index contributed by atoms with van der Waals surface area (Å²) in [5.41, 5.74) is 2.05. The Morgan fingerprint density at radius 2 is 2.00 bits per heavy atom. The number of nitrogens with zero attached hydrogens (tertiary/aromatic N) is 2. The fourth-order valence-corrected chi connectivity index (χ4v) is 4.89. The summed E-state index contributed by atoms with van der Waals surface area (Å²) >= 11 is 5.36. The zero-order valence-electron chi connectivity index (χ0n) is 13.5. The second-order valence-corrected chi connectivity index (χ2v) is 8.69. The van der Waals surface area contributed by atoms with Gasteiger partial charge in [-0.05, 0) is 61.1 Å². The summed E-state index contributed by atoms with van der Waals surface area (Å²) in [5.74, 6) is 1.03. The number of rotatable bonds is 4. The molecule has 0 fully saturated rings. The lowest BCUT2D eigenvalue weighted by molar-refractivity contribution is -0.113. The summed E-state index contributed by atoms with van der Waals surface area (Å²) in [6, 6.07) is 7.75. The molecule has 0 saturated carbocycles. The van der Waals surface area contributed by atoms with Crippen molar-refractivity contribution in [1.82, 2.24) is 9.97 Å². The first-order chi connectivity index (χ1) is 11.5. The van der Waals surface area contributed by atoms with Crippen LogP contribution in [0, 0.1) is 24.3 Å². The highest BCUT2D eigenvalue weighted by molar-refractivity contribution is 14.1. The SMILES string of the molecule is Cc1nc(SCC(=O)Nc2ccccc2I)c2c(C)c(C)sc2n1. The number of benzene rings is 1. The Balaban J connectivity index is 1.78. The van der Waals surface area contributed by atoms with Gasteiger partial charge in [-0.2, -0.15) is 0 Å². The molecule has 1 N–H and O–H groups in total. The summed E-state index contributed by atoms with van der Waals surface area (Å²) in [6.07, 6.45) is 0. The Labute approximate surface area is 162 Å². The second-order valence-electron chi connectivity index (χ2n) is 5.36. The minimum Gasteiger partial charge on any atom is -0.324 e. The number of aromatic nitrogens is 2. The Bertz CT molecular complexity index is 924. The van der Waals surface area contributed by atoms with Gasteiger partial charge in [-0.25, -0.2) is 9.97 Å². The molecule has 0 bridgehead atoms. The maximum absolute atomic E-state index is 12.3. The molecular weight excluding hydrogens is 453 g/mol. The third-order valence-corrected chi connectivity index (χ3v) is 6.61. The zero-order valence-corrected chi connectivity index (χ0v) is 17.3. The maximum Gasteiger partial charge on any atom is 0.234 e. The summed E-state index contributed by atoms with van der Waals surface area (Å²) in [5, 5.41) is 4.92. The number of halogens is 1. The molecule has 0 unspecified atom stereocenters. The number of amides is 1. The van der Waals surface area contributed by atoms with Crippen molar-refractivity contribution in [3.8, 4) is 0 Å². The Morgan fingerprint density at radius 1 is 1.25 bits per heavy atom. The molecule has 0 aliphatic rings. The van der Waals surface area contributed by atoms with Crippen LogP contribution in [0.2, 0.25) is 0 Å². The molecule has 0 aliphatic heterocycles. The number of para-hydroxylation sites is 1. The number of hydrogen-bond donors (Lipinski definition) is 1. The number of nitrogens with one attached hydrogen (secondary N) is 1. The lowest BCUT2D eigenvalue weighted by atomic mass is 10.2. The zero-order chi connectivity index (χ0) is 17.3. The van der Waals surface area contributed by atoms with Crippen molar-refractivity contribution in [2.45, 2.75) is 25.8 Å². The van der Waals surface area contributed by atoms with E-state index in [2.05, 4.69) is 51.7 Å². The van der Waals surface area contributed by atoms with Gasteiger partial charge >= 0.3 is 0 Å². The topological polar surface area (TPSA) is 54.9 Å². The number of carbonyl (C=O) groups is 1. The summed E-state index contributed by atoms with van der Waals surface area (Å²) in [6.45, 7) is 6.07. The van der Waals surface area contributed by atoms with Gasteiger partial charge in [-0.1, -0.05) is 23.9 Å². The van der Waals surface area contributed by atoms with Gasteiger partial charge in [-0.3, -0.25) is 4.79 Å². The monoisotopic (exact) mass is 469 g/mol. The number of aryl methyl sites for hydroxylation is 3. The van der Waals surface area contributed by atoms with E-state index in [0.29, 0.717) is 5.75 Å². The molecule has 0 aliphatic carbocycles. The van der Waals surface area contributed by atoms with Crippen molar-refractivity contribution in [2.75, 3.05) is 11.1 Å². The molecule has 3 rings (SSSR count). The van der Waals surface area contributed by atoms with Crippen LogP contribution in [0.1, 0.15) is 16.3 Å². The molecule has 1 aromatic carbocycles. The normalized spacial score (nSPS) is 11.0. The Kier molecular flexibility index (Phi) is 5.41. The molecule has 1 amide bonds. The van der Waals surface area contributed by atoms with E-state index in [0.717, 1.165) is 30.3 Å². The summed E-state index contributed by atoms with van der Waals surface area (Å²) < 4.78 is 1.03. The van der Waals surface area contributed by atoms with Crippen LogP contribution in [0.15, 0.2) is 29.3 Å². The van der Waals surface area contributed by atoms with Crippen molar-refractivity contribution in [1.29, 1.82) is 0 Å². The second kappa shape index (κ2) is 7.37. The van der Waals surface area contributed by atoms with Crippen LogP contribution >= 0.6 is 45.7 Å². The number of fused-ring (bicyclic) bond motifs is 1. The first-order valence-electron chi connectivity index (χ1n) is 7.37. The highest BCUT2D eigenvalue weighted by Crippen LogP contribution is 2.35. The van der Waals surface area contributed by atoms with E-state index in [-0.39, 0.29) is 5.91 Å². The molecule has 0 radical (unpaired) electrons. The molecule has 0 spiro atoms. The van der Waals surface area contributed by atoms with Crippen LogP contribution in [0.3, 0.4) is 0 Å². The van der Waals surface area contributed by atoms with E-state index >= 15 is 0 Å². The smallest absolute Gasteiger partial charge is 0.234 e. The molecule has 124 valence electrons. The fraction of sp³-hybridized carbons (Fsp3) is 0.235. The van der Waals surface area contributed by atoms with Crippen molar-refractivity contribution in [3.63, 3.8) is 0 Å². The van der Waals surface area contributed by atoms with Gasteiger partial charge < -0.3 is 5.32 Å². The predicted molar refractivity (Wildman–Crippen MR) is 110 cm³/mol. The van der Waals surface area contributed by atoms with E-state index in [1.165, 1.54) is 22.2 Å². The van der Waals surface area contributed by atoms with E-state index in [1.54, 1.807) is 11.3 Å². The third kappa shape index (κ3) is 3.73. The van der Waals surface area contributed by atoms with Gasteiger partial charge in [0, 0.05) is 13.8 Å². The fourth-order valence-electron chi connectivity index (χ4n) is 2.30. The van der Waals surface area contributed by atoms with Gasteiger partial charge in [0.15, 0.2) is 0 Å². The highest BCUT2D eigenvalue weighted by atomic mass is 127. The molecule has 0 atom stereocenters. The standard InChI is InChI=1S/C17H16IN3OS2/c1-9-10(2)24-17-15(9)16(19-11(3)20-17)23-8-14(22)21-13-7-5-4-6-12(13)18/h4-7H,8H2,1-3H3,(H,21,22). The molecular formula is C17H16IN3OS2. The summed E-state index contributed by atoms with van der Waals surface area (Å²) in [4.78, 5) is 23.6. The molecule has 0 saturated heterocycles. The minimum atomic E-state index is -0.0295. The predicted octanol–water partition coefficient (Wildman–Crippen LogP) is 4.95. The molecule has 2 heterocycles. The van der Waals surface area contributed by atoms with Crippen molar-refractivity contribution >= 4 is 67.5 Å². The van der Waals surface area contributed by atoms with Crippen LogP contribution in [0.5, 0.6) is 0 Å². The van der Waals surface area contributed by atoms with Crippen LogP contribution in [0.25, 0.3) is 10.2 Å². The molecule has 2 aromatic heterocycles. The first kappa shape index (κ1) is 17.6. The van der Waals surface area contributed by atoms with Crippen molar-refractivity contribution in [3.05, 3.63) is 44.1 Å². The van der Waals surface area contributed by atoms with E-state index in [4.69, 9.17) is 0 Å². The van der Waals surface area contributed by atoms with Gasteiger partial charge in [0.2, 0.25) is 5.91 Å². The maximum atomic E-state index is 12.3. The van der Waals surface area contributed by atoms with Crippen LogP contribution in [0.4, 0.5) is 5.69 Å². The first-order valence-corrected chi connectivity index (χ1v) is 10.3. The van der Waals surface area contributed by atoms with E-state index in [1.807, 2.05) is 31.2 Å². The lowest BCUT2D eigenvalue weighted by Gasteiger charge is -2.08. The number of hydrogen-bond acceptors (Lipinski definition) is 5. The Hall–Kier alpha value is -1.19. The molecule has 24 heavy (non-hydrogen) atoms. The van der Waals surface area contributed by atoms with E-state index < -0.39 is 0 Å². The third-order valence-electron chi connectivity index (χ3n) is 3.60. The lowest BCUT2D eigenvalue weighted by Crippen LogP contribution is -2.15. The molecule has 4 nitrogen and oxygen atoms in total. The average molecular weight is 469 g/mol. The van der Waals surface area contributed by atoms with Gasteiger partial charge in [0.1, 0.15) is 15.7 Å². The van der Waals surface area contributed by atoms with Crippen LogP contribution in [-0.2, 0) is 4.79 Å². The summed E-state index contributed by atoms with van der Waals surface area (Å²) in [7, 11) is 0. The number of anilines is 1. The van der Waals surface area contributed by atoms with Gasteiger partial charge in [0.25, 0.3) is 0 Å². The van der Waals surface area contributed by atoms with Crippen molar-refractivity contribution in [2.24, 2.45) is 0 Å². The number of carbonyl (C=O) groups excluding carboxylic acids is 1. The Morgan fingerprint density at radius 3 is 2.75 bits per heavy atom. The minimum absolute atomic E-state index is 0.0295. The number of thiophene rings is 1. The van der Waals surface area contributed by atoms with Crippen molar-refractivity contribution < 1.29 is 4.79 Å². The van der Waals surface area contributed by atoms with Gasteiger partial charge in [-0.15, -0.1) is 11.3 Å². The average Bonchev–Trinajstić information content (AvgIpc) is 2.81. The molecule has 3 aromatic rings. The quantitative estimate of drug-likeness (QED) is 0.334. The number of thioether (sulfide) groups is 1. The van der Waals surface area contributed by atoms with Crippen LogP contribution in [-0.4, -0.2) is 21.6 Å². The molecule has 7 heteroatoms. The van der Waals surface area contributed by atoms with Crippen LogP contribution < -0.4 is 5.32 Å². The van der Waals surface area contributed by atoms with E-state index in [9.17, 15) is 4.79 Å². The highest BCUT2D eigenvalue weighted by Gasteiger charge is 2.15. The van der Waals surface area contributed by atoms with Gasteiger partial charge in [0.05, 0.1) is 11.4 Å². The largest absolute Gasteiger partial charge is 0.324 e.